The topological polar surface area (TPSA) is 61.4 Å². The molecule has 0 unspecified atom stereocenters. The number of likely N-dealkylation sites (tertiary alicyclic amines) is 1. The van der Waals surface area contributed by atoms with Gasteiger partial charge in [0.25, 0.3) is 0 Å². The Balaban J connectivity index is 1.57. The molecule has 1 atom stereocenters. The second kappa shape index (κ2) is 6.22. The molecular formula is C17H21N3O2. The van der Waals surface area contributed by atoms with Gasteiger partial charge in [-0.25, -0.2) is 4.79 Å². The van der Waals surface area contributed by atoms with Crippen LogP contribution in [0.1, 0.15) is 17.5 Å². The van der Waals surface area contributed by atoms with E-state index < -0.39 is 0 Å². The Morgan fingerprint density at radius 2 is 1.95 bits per heavy atom. The molecule has 5 nitrogen and oxygen atoms in total. The molecule has 1 heterocycles. The summed E-state index contributed by atoms with van der Waals surface area (Å²) in [5.74, 6) is 0.131. The van der Waals surface area contributed by atoms with Crippen molar-refractivity contribution in [2.24, 2.45) is 0 Å². The van der Waals surface area contributed by atoms with Gasteiger partial charge in [-0.05, 0) is 24.0 Å². The third-order valence-electron chi connectivity index (χ3n) is 4.37. The highest BCUT2D eigenvalue weighted by Crippen LogP contribution is 2.28. The normalized spacial score (nSPS) is 20.8. The van der Waals surface area contributed by atoms with E-state index in [0.29, 0.717) is 19.5 Å². The van der Waals surface area contributed by atoms with Gasteiger partial charge in [0.15, 0.2) is 0 Å². The second-order valence-electron chi connectivity index (χ2n) is 5.92. The average Bonchev–Trinajstić information content (AvgIpc) is 3.08. The molecule has 116 valence electrons. The Morgan fingerprint density at radius 1 is 1.27 bits per heavy atom. The third kappa shape index (κ3) is 2.98. The number of nitrogens with zero attached hydrogens (tertiary/aromatic N) is 1. The number of carbonyl (C=O) groups excluding carboxylic acids is 2. The number of fused-ring (bicyclic) bond motifs is 1. The first kappa shape index (κ1) is 14.6. The van der Waals surface area contributed by atoms with E-state index in [-0.39, 0.29) is 24.0 Å². The number of carbonyl (C=O) groups is 2. The van der Waals surface area contributed by atoms with E-state index >= 15 is 0 Å². The Hall–Kier alpha value is -2.30. The van der Waals surface area contributed by atoms with E-state index in [2.05, 4.69) is 29.3 Å². The van der Waals surface area contributed by atoms with Crippen LogP contribution in [0.25, 0.3) is 0 Å². The van der Waals surface area contributed by atoms with Gasteiger partial charge in [-0.15, -0.1) is 6.58 Å². The molecule has 1 aliphatic carbocycles. The van der Waals surface area contributed by atoms with Crippen LogP contribution in [0.3, 0.4) is 0 Å². The van der Waals surface area contributed by atoms with E-state index in [4.69, 9.17) is 0 Å². The Kier molecular flexibility index (Phi) is 4.13. The van der Waals surface area contributed by atoms with Gasteiger partial charge in [0, 0.05) is 25.6 Å². The van der Waals surface area contributed by atoms with Crippen LogP contribution < -0.4 is 10.6 Å². The Labute approximate surface area is 130 Å². The summed E-state index contributed by atoms with van der Waals surface area (Å²) in [7, 11) is 0. The maximum absolute atomic E-state index is 12.3. The molecule has 2 N–H and O–H groups in total. The molecule has 3 rings (SSSR count). The van der Waals surface area contributed by atoms with Crippen molar-refractivity contribution in [1.29, 1.82) is 0 Å². The fourth-order valence-electron chi connectivity index (χ4n) is 3.34. The summed E-state index contributed by atoms with van der Waals surface area (Å²) in [6.45, 7) is 4.58. The molecule has 1 aliphatic heterocycles. The molecule has 0 saturated carbocycles. The lowest BCUT2D eigenvalue weighted by molar-refractivity contribution is -0.129. The summed E-state index contributed by atoms with van der Waals surface area (Å²) < 4.78 is 0. The van der Waals surface area contributed by atoms with Crippen molar-refractivity contribution >= 4 is 11.9 Å². The predicted octanol–water partition coefficient (Wildman–Crippen LogP) is 1.24. The fraction of sp³-hybridized carbons (Fsp3) is 0.412. The standard InChI is InChI=1S/C17H21N3O2/c1-2-7-18-17(22)19-14-10-16(21)20(11-14)15-8-12-5-3-4-6-13(12)9-15/h2-6,14-15H,1,7-11H2,(H2,18,19,22)/t14-/m0/s1. The minimum atomic E-state index is -0.241. The first-order valence-electron chi connectivity index (χ1n) is 7.69. The van der Waals surface area contributed by atoms with E-state index in [1.807, 2.05) is 17.0 Å². The molecule has 1 fully saturated rings. The van der Waals surface area contributed by atoms with Crippen molar-refractivity contribution < 1.29 is 9.59 Å². The van der Waals surface area contributed by atoms with E-state index in [1.165, 1.54) is 11.1 Å². The van der Waals surface area contributed by atoms with Gasteiger partial charge in [0.1, 0.15) is 0 Å². The lowest BCUT2D eigenvalue weighted by Gasteiger charge is -2.24. The number of benzene rings is 1. The summed E-state index contributed by atoms with van der Waals surface area (Å²) in [5.41, 5.74) is 2.67. The van der Waals surface area contributed by atoms with Gasteiger partial charge in [0.05, 0.1) is 6.04 Å². The van der Waals surface area contributed by atoms with Crippen LogP contribution >= 0.6 is 0 Å². The first-order chi connectivity index (χ1) is 10.7. The summed E-state index contributed by atoms with van der Waals surface area (Å²) in [4.78, 5) is 25.9. The molecule has 22 heavy (non-hydrogen) atoms. The molecule has 0 aromatic heterocycles. The van der Waals surface area contributed by atoms with Crippen molar-refractivity contribution in [3.63, 3.8) is 0 Å². The lowest BCUT2D eigenvalue weighted by atomic mass is 10.1. The maximum atomic E-state index is 12.3. The summed E-state index contributed by atoms with van der Waals surface area (Å²) in [6, 6.07) is 8.23. The zero-order valence-electron chi connectivity index (χ0n) is 12.5. The minimum Gasteiger partial charge on any atom is -0.337 e. The van der Waals surface area contributed by atoms with Crippen LogP contribution in [0.15, 0.2) is 36.9 Å². The van der Waals surface area contributed by atoms with E-state index in [1.54, 1.807) is 6.08 Å². The monoisotopic (exact) mass is 299 g/mol. The van der Waals surface area contributed by atoms with Crippen LogP contribution in [0.5, 0.6) is 0 Å². The molecule has 5 heteroatoms. The van der Waals surface area contributed by atoms with Crippen LogP contribution in [0.4, 0.5) is 4.79 Å². The zero-order valence-corrected chi connectivity index (χ0v) is 12.5. The third-order valence-corrected chi connectivity index (χ3v) is 4.37. The number of rotatable bonds is 4. The first-order valence-corrected chi connectivity index (χ1v) is 7.69. The highest BCUT2D eigenvalue weighted by atomic mass is 16.2. The highest BCUT2D eigenvalue weighted by molar-refractivity contribution is 5.82. The van der Waals surface area contributed by atoms with Crippen LogP contribution in [0, 0.1) is 0 Å². The van der Waals surface area contributed by atoms with Crippen LogP contribution in [-0.2, 0) is 17.6 Å². The van der Waals surface area contributed by atoms with Crippen molar-refractivity contribution in [3.8, 4) is 0 Å². The van der Waals surface area contributed by atoms with Crippen molar-refractivity contribution in [3.05, 3.63) is 48.0 Å². The van der Waals surface area contributed by atoms with Gasteiger partial charge >= 0.3 is 6.03 Å². The smallest absolute Gasteiger partial charge is 0.315 e. The maximum Gasteiger partial charge on any atom is 0.315 e. The van der Waals surface area contributed by atoms with E-state index in [9.17, 15) is 9.59 Å². The molecular weight excluding hydrogens is 278 g/mol. The quantitative estimate of drug-likeness (QED) is 0.822. The van der Waals surface area contributed by atoms with Gasteiger partial charge in [-0.3, -0.25) is 4.79 Å². The van der Waals surface area contributed by atoms with Gasteiger partial charge in [-0.1, -0.05) is 30.3 Å². The molecule has 1 saturated heterocycles. The number of hydrogen-bond acceptors (Lipinski definition) is 2. The second-order valence-corrected chi connectivity index (χ2v) is 5.92. The molecule has 2 aliphatic rings. The van der Waals surface area contributed by atoms with Crippen molar-refractivity contribution in [1.82, 2.24) is 15.5 Å². The molecule has 1 aromatic carbocycles. The largest absolute Gasteiger partial charge is 0.337 e. The number of nitrogens with one attached hydrogen (secondary N) is 2. The van der Waals surface area contributed by atoms with Crippen LogP contribution in [0.2, 0.25) is 0 Å². The molecule has 0 radical (unpaired) electrons. The fourth-order valence-corrected chi connectivity index (χ4v) is 3.34. The molecule has 1 aromatic rings. The Morgan fingerprint density at radius 3 is 2.59 bits per heavy atom. The van der Waals surface area contributed by atoms with Gasteiger partial charge in [-0.2, -0.15) is 0 Å². The minimum absolute atomic E-state index is 0.110. The van der Waals surface area contributed by atoms with Gasteiger partial charge < -0.3 is 15.5 Å². The SMILES string of the molecule is C=CCNC(=O)N[C@H]1CC(=O)N(C2Cc3ccccc3C2)C1. The van der Waals surface area contributed by atoms with E-state index in [0.717, 1.165) is 12.8 Å². The number of amides is 3. The number of urea groups is 1. The zero-order chi connectivity index (χ0) is 15.5. The predicted molar refractivity (Wildman–Crippen MR) is 84.5 cm³/mol. The Bertz CT molecular complexity index is 574. The lowest BCUT2D eigenvalue weighted by Crippen LogP contribution is -2.44. The molecule has 0 bridgehead atoms. The summed E-state index contributed by atoms with van der Waals surface area (Å²) in [5, 5.41) is 5.53. The average molecular weight is 299 g/mol. The van der Waals surface area contributed by atoms with Crippen LogP contribution in [-0.4, -0.2) is 42.0 Å². The summed E-state index contributed by atoms with van der Waals surface area (Å²) in [6.07, 6.45) is 3.84. The van der Waals surface area contributed by atoms with Gasteiger partial charge in [0.2, 0.25) is 5.91 Å². The van der Waals surface area contributed by atoms with Crippen molar-refractivity contribution in [2.75, 3.05) is 13.1 Å². The van der Waals surface area contributed by atoms with Crippen molar-refractivity contribution in [2.45, 2.75) is 31.3 Å². The highest BCUT2D eigenvalue weighted by Gasteiger charge is 2.37. The number of hydrogen-bond donors (Lipinski definition) is 2. The summed E-state index contributed by atoms with van der Waals surface area (Å²) >= 11 is 0. The molecule has 3 amide bonds. The molecule has 0 spiro atoms.